The molecule has 0 saturated carbocycles. The summed E-state index contributed by atoms with van der Waals surface area (Å²) < 4.78 is 11.4. The van der Waals surface area contributed by atoms with Crippen molar-refractivity contribution in [2.75, 3.05) is 43.5 Å². The van der Waals surface area contributed by atoms with Gasteiger partial charge in [0, 0.05) is 44.2 Å². The van der Waals surface area contributed by atoms with E-state index in [-0.39, 0.29) is 11.8 Å². The maximum atomic E-state index is 12.2. The van der Waals surface area contributed by atoms with Gasteiger partial charge in [0.05, 0.1) is 19.8 Å². The largest absolute Gasteiger partial charge is 0.347 e. The number of piperidine rings is 1. The molecule has 2 aliphatic rings. The molecule has 0 aromatic heterocycles. The topological polar surface area (TPSA) is 79.9 Å². The molecule has 3 rings (SSSR count). The van der Waals surface area contributed by atoms with Gasteiger partial charge < -0.3 is 20.1 Å². The highest BCUT2D eigenvalue weighted by atomic mass is 16.7. The first-order valence-electron chi connectivity index (χ1n) is 8.22. The Balaban J connectivity index is 1.48. The minimum absolute atomic E-state index is 0.0702. The lowest BCUT2D eigenvalue weighted by Crippen LogP contribution is -2.47. The van der Waals surface area contributed by atoms with Crippen LogP contribution in [0.2, 0.25) is 0 Å². The van der Waals surface area contributed by atoms with Crippen LogP contribution in [-0.4, -0.2) is 55.3 Å². The van der Waals surface area contributed by atoms with Gasteiger partial charge in [-0.05, 0) is 18.2 Å². The Kier molecular flexibility index (Phi) is 5.13. The Morgan fingerprint density at radius 2 is 1.75 bits per heavy atom. The van der Waals surface area contributed by atoms with Crippen LogP contribution >= 0.6 is 0 Å². The highest BCUT2D eigenvalue weighted by Crippen LogP contribution is 2.31. The summed E-state index contributed by atoms with van der Waals surface area (Å²) in [5, 5.41) is 5.57. The zero-order valence-electron chi connectivity index (χ0n) is 13.8. The van der Waals surface area contributed by atoms with Gasteiger partial charge in [-0.3, -0.25) is 14.5 Å². The number of carbonyl (C=O) groups excluding carboxylic acids is 2. The van der Waals surface area contributed by atoms with Crippen molar-refractivity contribution < 1.29 is 19.1 Å². The minimum Gasteiger partial charge on any atom is -0.347 e. The van der Waals surface area contributed by atoms with Crippen LogP contribution in [0.5, 0.6) is 0 Å². The van der Waals surface area contributed by atoms with Crippen LogP contribution < -0.4 is 10.6 Å². The summed E-state index contributed by atoms with van der Waals surface area (Å²) >= 11 is 0. The molecule has 1 spiro atoms. The predicted octanol–water partition coefficient (Wildman–Crippen LogP) is 1.42. The molecule has 0 bridgehead atoms. The van der Waals surface area contributed by atoms with E-state index in [0.717, 1.165) is 25.9 Å². The molecule has 24 heavy (non-hydrogen) atoms. The van der Waals surface area contributed by atoms with E-state index >= 15 is 0 Å². The van der Waals surface area contributed by atoms with Gasteiger partial charge in [-0.25, -0.2) is 0 Å². The van der Waals surface area contributed by atoms with Crippen molar-refractivity contribution in [1.82, 2.24) is 4.90 Å². The molecule has 2 N–H and O–H groups in total. The smallest absolute Gasteiger partial charge is 0.238 e. The second kappa shape index (κ2) is 7.29. The maximum Gasteiger partial charge on any atom is 0.238 e. The van der Waals surface area contributed by atoms with E-state index in [9.17, 15) is 9.59 Å². The lowest BCUT2D eigenvalue weighted by Gasteiger charge is -2.37. The standard InChI is InChI=1S/C17H23N3O4/c1-13(21)18-14-3-2-4-15(11-14)19-16(22)12-20-7-5-17(6-8-20)23-9-10-24-17/h2-4,11H,5-10,12H2,1H3,(H,18,21)(H,19,22). The first kappa shape index (κ1) is 16.9. The van der Waals surface area contributed by atoms with E-state index in [4.69, 9.17) is 9.47 Å². The van der Waals surface area contributed by atoms with E-state index in [1.807, 2.05) is 0 Å². The van der Waals surface area contributed by atoms with E-state index in [0.29, 0.717) is 31.1 Å². The number of likely N-dealkylation sites (tertiary alicyclic amines) is 1. The molecular formula is C17H23N3O4. The van der Waals surface area contributed by atoms with Crippen LogP contribution in [0.15, 0.2) is 24.3 Å². The number of rotatable bonds is 4. The Bertz CT molecular complexity index is 604. The van der Waals surface area contributed by atoms with Crippen molar-refractivity contribution in [3.05, 3.63) is 24.3 Å². The summed E-state index contributed by atoms with van der Waals surface area (Å²) in [6, 6.07) is 7.11. The molecule has 1 aromatic rings. The van der Waals surface area contributed by atoms with Gasteiger partial charge >= 0.3 is 0 Å². The Labute approximate surface area is 141 Å². The first-order valence-corrected chi connectivity index (χ1v) is 8.22. The molecule has 2 amide bonds. The molecule has 0 atom stereocenters. The SMILES string of the molecule is CC(=O)Nc1cccc(NC(=O)CN2CCC3(CC2)OCCO3)c1. The van der Waals surface area contributed by atoms with Crippen LogP contribution in [0.4, 0.5) is 11.4 Å². The number of amides is 2. The highest BCUT2D eigenvalue weighted by Gasteiger charge is 2.39. The molecule has 0 radical (unpaired) electrons. The molecule has 2 saturated heterocycles. The molecule has 1 aromatic carbocycles. The summed E-state index contributed by atoms with van der Waals surface area (Å²) in [7, 11) is 0. The van der Waals surface area contributed by atoms with Crippen molar-refractivity contribution in [2.45, 2.75) is 25.6 Å². The third-order valence-electron chi connectivity index (χ3n) is 4.27. The van der Waals surface area contributed by atoms with Gasteiger partial charge in [0.2, 0.25) is 11.8 Å². The third kappa shape index (κ3) is 4.31. The highest BCUT2D eigenvalue weighted by molar-refractivity contribution is 5.94. The lowest BCUT2D eigenvalue weighted by atomic mass is 10.0. The molecule has 2 aliphatic heterocycles. The van der Waals surface area contributed by atoms with Crippen molar-refractivity contribution in [3.63, 3.8) is 0 Å². The van der Waals surface area contributed by atoms with E-state index < -0.39 is 5.79 Å². The molecular weight excluding hydrogens is 310 g/mol. The second-order valence-corrected chi connectivity index (χ2v) is 6.19. The molecule has 130 valence electrons. The summed E-state index contributed by atoms with van der Waals surface area (Å²) in [6.45, 7) is 4.65. The number of ether oxygens (including phenoxy) is 2. The van der Waals surface area contributed by atoms with Gasteiger partial charge in [-0.15, -0.1) is 0 Å². The van der Waals surface area contributed by atoms with Crippen molar-refractivity contribution in [3.8, 4) is 0 Å². The number of hydrogen-bond acceptors (Lipinski definition) is 5. The van der Waals surface area contributed by atoms with Crippen LogP contribution in [0.3, 0.4) is 0 Å². The molecule has 0 aliphatic carbocycles. The lowest BCUT2D eigenvalue weighted by molar-refractivity contribution is -0.185. The first-order chi connectivity index (χ1) is 11.5. The minimum atomic E-state index is -0.417. The number of nitrogens with one attached hydrogen (secondary N) is 2. The summed E-state index contributed by atoms with van der Waals surface area (Å²) in [6.07, 6.45) is 1.58. The van der Waals surface area contributed by atoms with Gasteiger partial charge in [0.25, 0.3) is 0 Å². The van der Waals surface area contributed by atoms with Gasteiger partial charge in [-0.1, -0.05) is 6.07 Å². The quantitative estimate of drug-likeness (QED) is 0.871. The molecule has 7 heteroatoms. The Morgan fingerprint density at radius 1 is 1.12 bits per heavy atom. The van der Waals surface area contributed by atoms with E-state index in [1.165, 1.54) is 6.92 Å². The average Bonchev–Trinajstić information content (AvgIpc) is 2.98. The third-order valence-corrected chi connectivity index (χ3v) is 4.27. The predicted molar refractivity (Wildman–Crippen MR) is 89.7 cm³/mol. The molecule has 2 heterocycles. The van der Waals surface area contributed by atoms with Gasteiger partial charge in [0.1, 0.15) is 0 Å². The Hall–Kier alpha value is -1.96. The number of benzene rings is 1. The van der Waals surface area contributed by atoms with Crippen molar-refractivity contribution in [1.29, 1.82) is 0 Å². The van der Waals surface area contributed by atoms with Gasteiger partial charge in [0.15, 0.2) is 5.79 Å². The fourth-order valence-corrected chi connectivity index (χ4v) is 3.12. The normalized spacial score (nSPS) is 20.0. The maximum absolute atomic E-state index is 12.2. The number of carbonyl (C=O) groups is 2. The van der Waals surface area contributed by atoms with Crippen LogP contribution in [0, 0.1) is 0 Å². The summed E-state index contributed by atoms with van der Waals surface area (Å²) in [4.78, 5) is 25.4. The van der Waals surface area contributed by atoms with E-state index in [1.54, 1.807) is 24.3 Å². The number of anilines is 2. The zero-order valence-corrected chi connectivity index (χ0v) is 13.8. The summed E-state index contributed by atoms with van der Waals surface area (Å²) in [5.74, 6) is -0.629. The molecule has 2 fully saturated rings. The Morgan fingerprint density at radius 3 is 2.38 bits per heavy atom. The average molecular weight is 333 g/mol. The fourth-order valence-electron chi connectivity index (χ4n) is 3.12. The van der Waals surface area contributed by atoms with Gasteiger partial charge in [-0.2, -0.15) is 0 Å². The second-order valence-electron chi connectivity index (χ2n) is 6.19. The fraction of sp³-hybridized carbons (Fsp3) is 0.529. The van der Waals surface area contributed by atoms with Crippen molar-refractivity contribution in [2.24, 2.45) is 0 Å². The molecule has 0 unspecified atom stereocenters. The number of nitrogens with zero attached hydrogens (tertiary/aromatic N) is 1. The zero-order chi connectivity index (χ0) is 17.0. The molecule has 7 nitrogen and oxygen atoms in total. The van der Waals surface area contributed by atoms with Crippen LogP contribution in [0.1, 0.15) is 19.8 Å². The van der Waals surface area contributed by atoms with Crippen LogP contribution in [-0.2, 0) is 19.1 Å². The summed E-state index contributed by atoms with van der Waals surface area (Å²) in [5.41, 5.74) is 1.33. The van der Waals surface area contributed by atoms with E-state index in [2.05, 4.69) is 15.5 Å². The van der Waals surface area contributed by atoms with Crippen LogP contribution in [0.25, 0.3) is 0 Å². The monoisotopic (exact) mass is 333 g/mol. The van der Waals surface area contributed by atoms with Crippen molar-refractivity contribution >= 4 is 23.2 Å². The number of hydrogen-bond donors (Lipinski definition) is 2.